The lowest BCUT2D eigenvalue weighted by Crippen LogP contribution is -2.48. The SMILES string of the molecule is C=c1[nH]n2nc(C(C)(C)C)nc2c1=Nc1cc2c(cc1C)N(CCCCCCCC)C(C)(C)CC2C. The number of hydrogen-bond acceptors (Lipinski definition) is 4. The lowest BCUT2D eigenvalue weighted by Gasteiger charge is -2.48. The molecule has 0 fully saturated rings. The highest BCUT2D eigenvalue weighted by atomic mass is 15.5. The van der Waals surface area contributed by atoms with Gasteiger partial charge in [-0.1, -0.05) is 73.3 Å². The summed E-state index contributed by atoms with van der Waals surface area (Å²) in [6.07, 6.45) is 9.08. The van der Waals surface area contributed by atoms with Gasteiger partial charge in [-0.2, -0.15) is 4.63 Å². The Morgan fingerprint density at radius 3 is 2.53 bits per heavy atom. The predicted molar refractivity (Wildman–Crippen MR) is 151 cm³/mol. The van der Waals surface area contributed by atoms with E-state index in [0.717, 1.165) is 40.8 Å². The van der Waals surface area contributed by atoms with Crippen LogP contribution in [0.1, 0.15) is 116 Å². The Balaban J connectivity index is 1.70. The van der Waals surface area contributed by atoms with Crippen molar-refractivity contribution in [2.24, 2.45) is 4.99 Å². The second-order valence-electron chi connectivity index (χ2n) is 12.5. The van der Waals surface area contributed by atoms with Crippen molar-refractivity contribution in [3.05, 3.63) is 39.8 Å². The van der Waals surface area contributed by atoms with Crippen molar-refractivity contribution in [3.63, 3.8) is 0 Å². The number of aryl methyl sites for hydroxylation is 1. The van der Waals surface area contributed by atoms with Gasteiger partial charge in [0.25, 0.3) is 0 Å². The van der Waals surface area contributed by atoms with Gasteiger partial charge in [0.05, 0.1) is 11.0 Å². The molecule has 0 aliphatic carbocycles. The summed E-state index contributed by atoms with van der Waals surface area (Å²) in [5.74, 6) is 1.28. The first-order valence-corrected chi connectivity index (χ1v) is 13.9. The van der Waals surface area contributed by atoms with Crippen LogP contribution in [0.25, 0.3) is 12.2 Å². The minimum Gasteiger partial charge on any atom is -0.366 e. The molecule has 1 N–H and O–H groups in total. The number of aromatic nitrogens is 4. The fourth-order valence-corrected chi connectivity index (χ4v) is 5.63. The Morgan fingerprint density at radius 1 is 1.14 bits per heavy atom. The number of rotatable bonds is 8. The zero-order valence-electron chi connectivity index (χ0n) is 23.8. The number of anilines is 1. The van der Waals surface area contributed by atoms with E-state index in [2.05, 4.69) is 89.2 Å². The van der Waals surface area contributed by atoms with Crippen molar-refractivity contribution in [3.8, 4) is 0 Å². The molecule has 6 heteroatoms. The number of H-pyrrole nitrogens is 1. The predicted octanol–water partition coefficient (Wildman–Crippen LogP) is 6.48. The van der Waals surface area contributed by atoms with Crippen molar-refractivity contribution in [2.75, 3.05) is 11.4 Å². The summed E-state index contributed by atoms with van der Waals surface area (Å²) in [4.78, 5) is 12.6. The van der Waals surface area contributed by atoms with Crippen molar-refractivity contribution in [2.45, 2.75) is 117 Å². The molecule has 0 saturated heterocycles. The average Bonchev–Trinajstić information content (AvgIpc) is 3.31. The Kier molecular flexibility index (Phi) is 7.36. The molecule has 0 saturated carbocycles. The number of unbranched alkanes of at least 4 members (excludes halogenated alkanes) is 5. The molecular formula is C30H46N6. The smallest absolute Gasteiger partial charge is 0.202 e. The second kappa shape index (κ2) is 10.0. The molecule has 0 radical (unpaired) electrons. The molecule has 0 bridgehead atoms. The van der Waals surface area contributed by atoms with Crippen molar-refractivity contribution in [1.82, 2.24) is 19.8 Å². The highest BCUT2D eigenvalue weighted by Crippen LogP contribution is 2.45. The van der Waals surface area contributed by atoms with Crippen molar-refractivity contribution < 1.29 is 0 Å². The van der Waals surface area contributed by atoms with E-state index in [1.807, 2.05) is 0 Å². The summed E-state index contributed by atoms with van der Waals surface area (Å²) in [5.41, 5.74) is 5.72. The molecule has 0 amide bonds. The first-order valence-electron chi connectivity index (χ1n) is 13.9. The van der Waals surface area contributed by atoms with Gasteiger partial charge < -0.3 is 4.90 Å². The highest BCUT2D eigenvalue weighted by Gasteiger charge is 2.36. The summed E-state index contributed by atoms with van der Waals surface area (Å²) in [6, 6.07) is 4.67. The van der Waals surface area contributed by atoms with Gasteiger partial charge in [0.1, 0.15) is 5.36 Å². The van der Waals surface area contributed by atoms with Crippen molar-refractivity contribution in [1.29, 1.82) is 0 Å². The largest absolute Gasteiger partial charge is 0.366 e. The van der Waals surface area contributed by atoms with E-state index in [1.54, 1.807) is 4.63 Å². The van der Waals surface area contributed by atoms with Crippen molar-refractivity contribution >= 4 is 23.6 Å². The van der Waals surface area contributed by atoms with Gasteiger partial charge in [0.15, 0.2) is 5.82 Å². The van der Waals surface area contributed by atoms with Crippen LogP contribution in [0.3, 0.4) is 0 Å². The topological polar surface area (TPSA) is 61.6 Å². The summed E-state index contributed by atoms with van der Waals surface area (Å²) in [6.45, 7) is 23.3. The molecule has 1 aliphatic heterocycles. The van der Waals surface area contributed by atoms with Gasteiger partial charge in [-0.05, 0) is 62.8 Å². The summed E-state index contributed by atoms with van der Waals surface area (Å²) >= 11 is 0. The van der Waals surface area contributed by atoms with Crippen LogP contribution in [0.4, 0.5) is 11.4 Å². The quantitative estimate of drug-likeness (QED) is 0.368. The number of nitrogens with zero attached hydrogens (tertiary/aromatic N) is 5. The van der Waals surface area contributed by atoms with E-state index in [1.165, 1.54) is 55.3 Å². The second-order valence-corrected chi connectivity index (χ2v) is 12.5. The zero-order chi connectivity index (χ0) is 26.3. The van der Waals surface area contributed by atoms with Gasteiger partial charge in [-0.25, -0.2) is 9.98 Å². The van der Waals surface area contributed by atoms with Gasteiger partial charge in [-0.15, -0.1) is 5.10 Å². The molecule has 6 nitrogen and oxygen atoms in total. The van der Waals surface area contributed by atoms with Crippen LogP contribution in [0.2, 0.25) is 0 Å². The number of hydrogen-bond donors (Lipinski definition) is 1. The van der Waals surface area contributed by atoms with E-state index in [4.69, 9.17) is 9.98 Å². The molecule has 3 heterocycles. The molecular weight excluding hydrogens is 444 g/mol. The molecule has 1 unspecified atom stereocenters. The molecule has 1 aliphatic rings. The third-order valence-electron chi connectivity index (χ3n) is 7.69. The van der Waals surface area contributed by atoms with Crippen LogP contribution in [0.15, 0.2) is 17.1 Å². The number of fused-ring (bicyclic) bond motifs is 2. The number of aromatic amines is 1. The molecule has 36 heavy (non-hydrogen) atoms. The Morgan fingerprint density at radius 2 is 1.83 bits per heavy atom. The normalized spacial score (nSPS) is 18.3. The summed E-state index contributed by atoms with van der Waals surface area (Å²) in [5, 5.41) is 9.36. The maximum atomic E-state index is 5.10. The van der Waals surface area contributed by atoms with Crippen LogP contribution in [-0.2, 0) is 5.41 Å². The zero-order valence-corrected chi connectivity index (χ0v) is 23.8. The van der Waals surface area contributed by atoms with Gasteiger partial charge in [-0.3, -0.25) is 5.10 Å². The third-order valence-corrected chi connectivity index (χ3v) is 7.69. The van der Waals surface area contributed by atoms with Gasteiger partial charge in [0.2, 0.25) is 5.65 Å². The summed E-state index contributed by atoms with van der Waals surface area (Å²) < 4.78 is 1.71. The van der Waals surface area contributed by atoms with Gasteiger partial charge >= 0.3 is 0 Å². The third kappa shape index (κ3) is 5.23. The molecule has 4 rings (SSSR count). The fraction of sp³-hybridized carbons (Fsp3) is 0.633. The minimum atomic E-state index is -0.130. The molecule has 3 aromatic rings. The average molecular weight is 491 g/mol. The molecule has 1 aromatic carbocycles. The van der Waals surface area contributed by atoms with Crippen LogP contribution in [0, 0.1) is 6.92 Å². The van der Waals surface area contributed by atoms with Crippen LogP contribution < -0.4 is 15.6 Å². The van der Waals surface area contributed by atoms with Crippen LogP contribution in [0.5, 0.6) is 0 Å². The molecule has 0 spiro atoms. The van der Waals surface area contributed by atoms with Crippen LogP contribution in [-0.4, -0.2) is 31.9 Å². The Bertz CT molecular complexity index is 1320. The van der Waals surface area contributed by atoms with E-state index >= 15 is 0 Å². The molecule has 1 atom stereocenters. The number of nitrogens with one attached hydrogen (secondary N) is 1. The fourth-order valence-electron chi connectivity index (χ4n) is 5.63. The summed E-state index contributed by atoms with van der Waals surface area (Å²) in [7, 11) is 0. The molecule has 196 valence electrons. The van der Waals surface area contributed by atoms with E-state index in [0.29, 0.717) is 5.92 Å². The van der Waals surface area contributed by atoms with E-state index < -0.39 is 0 Å². The highest BCUT2D eigenvalue weighted by molar-refractivity contribution is 5.67. The maximum absolute atomic E-state index is 5.10. The Labute approximate surface area is 216 Å². The van der Waals surface area contributed by atoms with Gasteiger partial charge in [0, 0.05) is 23.2 Å². The lowest BCUT2D eigenvalue weighted by molar-refractivity contribution is 0.372. The monoisotopic (exact) mass is 490 g/mol. The maximum Gasteiger partial charge on any atom is 0.202 e. The first-order chi connectivity index (χ1) is 16.9. The van der Waals surface area contributed by atoms with E-state index in [-0.39, 0.29) is 11.0 Å². The van der Waals surface area contributed by atoms with Crippen LogP contribution >= 0.6 is 0 Å². The molecule has 2 aromatic heterocycles. The number of benzene rings is 1. The van der Waals surface area contributed by atoms with E-state index in [9.17, 15) is 0 Å². The lowest BCUT2D eigenvalue weighted by atomic mass is 9.79. The standard InChI is InChI=1S/C30H46N6/c1-10-11-12-13-14-15-16-35-25-17-20(2)24(18-23(25)21(3)19-30(35,8)9)31-26-22(4)33-36-27(26)32-28(34-36)29(5,6)7/h17-18,21,33H,4,10-16,19H2,1-3,5-9H3. The first kappa shape index (κ1) is 26.4. The minimum absolute atomic E-state index is 0.130. The Hall–Kier alpha value is -2.63.